The lowest BCUT2D eigenvalue weighted by Crippen LogP contribution is -2.28. The SMILES string of the molecule is CC(C)CCC(C)C1CCC(C(=O)Oc2ccc(C3CCC(C)CC3)cc2)CC1. The number of hydrogen-bond donors (Lipinski definition) is 0. The van der Waals surface area contributed by atoms with Gasteiger partial charge in [0.2, 0.25) is 0 Å². The van der Waals surface area contributed by atoms with E-state index in [1.54, 1.807) is 0 Å². The topological polar surface area (TPSA) is 26.3 Å². The van der Waals surface area contributed by atoms with Crippen molar-refractivity contribution < 1.29 is 9.53 Å². The lowest BCUT2D eigenvalue weighted by atomic mass is 9.74. The maximum Gasteiger partial charge on any atom is 0.314 e. The second-order valence-corrected chi connectivity index (χ2v) is 10.5. The predicted molar refractivity (Wildman–Crippen MR) is 121 cm³/mol. The Kier molecular flexibility index (Phi) is 8.21. The largest absolute Gasteiger partial charge is 0.426 e. The molecule has 0 saturated heterocycles. The molecule has 1 unspecified atom stereocenters. The fourth-order valence-corrected chi connectivity index (χ4v) is 5.36. The van der Waals surface area contributed by atoms with E-state index in [-0.39, 0.29) is 11.9 Å². The number of esters is 1. The van der Waals surface area contributed by atoms with Crippen LogP contribution in [-0.4, -0.2) is 5.97 Å². The number of hydrogen-bond acceptors (Lipinski definition) is 2. The van der Waals surface area contributed by atoms with Crippen LogP contribution in [-0.2, 0) is 4.79 Å². The lowest BCUT2D eigenvalue weighted by molar-refractivity contribution is -0.140. The van der Waals surface area contributed by atoms with Gasteiger partial charge in [0.05, 0.1) is 5.92 Å². The summed E-state index contributed by atoms with van der Waals surface area (Å²) in [5.41, 5.74) is 1.41. The summed E-state index contributed by atoms with van der Waals surface area (Å²) in [6, 6.07) is 8.36. The molecule has 0 aromatic heterocycles. The van der Waals surface area contributed by atoms with Crippen LogP contribution < -0.4 is 4.74 Å². The van der Waals surface area contributed by atoms with Gasteiger partial charge in [-0.15, -0.1) is 0 Å². The highest BCUT2D eigenvalue weighted by Gasteiger charge is 2.30. The minimum Gasteiger partial charge on any atom is -0.426 e. The average molecular weight is 399 g/mol. The lowest BCUT2D eigenvalue weighted by Gasteiger charge is -2.31. The smallest absolute Gasteiger partial charge is 0.314 e. The molecule has 2 aliphatic carbocycles. The van der Waals surface area contributed by atoms with Crippen molar-refractivity contribution in [2.24, 2.45) is 29.6 Å². The summed E-state index contributed by atoms with van der Waals surface area (Å²) in [6.45, 7) is 9.38. The van der Waals surface area contributed by atoms with Gasteiger partial charge in [-0.25, -0.2) is 0 Å². The molecule has 0 radical (unpaired) electrons. The van der Waals surface area contributed by atoms with E-state index >= 15 is 0 Å². The molecule has 3 rings (SSSR count). The van der Waals surface area contributed by atoms with Crippen molar-refractivity contribution in [3.8, 4) is 5.75 Å². The maximum atomic E-state index is 12.7. The minimum absolute atomic E-state index is 0.0162. The Bertz CT molecular complexity index is 616. The second kappa shape index (κ2) is 10.6. The van der Waals surface area contributed by atoms with Crippen molar-refractivity contribution in [1.82, 2.24) is 0 Å². The molecule has 2 saturated carbocycles. The fourth-order valence-electron chi connectivity index (χ4n) is 5.36. The van der Waals surface area contributed by atoms with E-state index in [1.807, 2.05) is 12.1 Å². The molecule has 1 atom stereocenters. The average Bonchev–Trinajstić information content (AvgIpc) is 2.73. The van der Waals surface area contributed by atoms with E-state index in [2.05, 4.69) is 39.8 Å². The number of ether oxygens (including phenoxy) is 1. The first kappa shape index (κ1) is 22.4. The number of carbonyl (C=O) groups is 1. The zero-order chi connectivity index (χ0) is 20.8. The third kappa shape index (κ3) is 6.59. The molecule has 1 aromatic rings. The highest BCUT2D eigenvalue weighted by molar-refractivity contribution is 5.75. The van der Waals surface area contributed by atoms with Crippen molar-refractivity contribution >= 4 is 5.97 Å². The molecule has 0 amide bonds. The first-order valence-electron chi connectivity index (χ1n) is 12.2. The summed E-state index contributed by atoms with van der Waals surface area (Å²) < 4.78 is 5.75. The van der Waals surface area contributed by atoms with E-state index in [0.717, 1.165) is 42.3 Å². The molecule has 0 bridgehead atoms. The van der Waals surface area contributed by atoms with Gasteiger partial charge in [0.25, 0.3) is 0 Å². The molecular weight excluding hydrogens is 356 g/mol. The molecule has 2 heteroatoms. The third-order valence-corrected chi connectivity index (χ3v) is 7.70. The molecule has 0 spiro atoms. The molecular formula is C27H42O2. The van der Waals surface area contributed by atoms with Gasteiger partial charge in [0.15, 0.2) is 0 Å². The van der Waals surface area contributed by atoms with Crippen LogP contribution in [0, 0.1) is 29.6 Å². The van der Waals surface area contributed by atoms with Gasteiger partial charge in [0.1, 0.15) is 5.75 Å². The Hall–Kier alpha value is -1.31. The summed E-state index contributed by atoms with van der Waals surface area (Å²) in [5.74, 6) is 4.71. The molecule has 29 heavy (non-hydrogen) atoms. The normalized spacial score (nSPS) is 28.9. The monoisotopic (exact) mass is 398 g/mol. The van der Waals surface area contributed by atoms with E-state index in [9.17, 15) is 4.79 Å². The van der Waals surface area contributed by atoms with Crippen molar-refractivity contribution in [2.45, 2.75) is 97.8 Å². The molecule has 2 nitrogen and oxygen atoms in total. The molecule has 0 heterocycles. The van der Waals surface area contributed by atoms with Crippen LogP contribution in [0.3, 0.4) is 0 Å². The quantitative estimate of drug-likeness (QED) is 0.346. The standard InChI is InChI=1S/C27H42O2/c1-19(2)5-8-21(4)22-11-13-25(14-12-22)27(28)29-26-17-15-24(16-18-26)23-9-6-20(3)7-10-23/h15-23,25H,5-14H2,1-4H3. The van der Waals surface area contributed by atoms with Gasteiger partial charge in [-0.1, -0.05) is 65.5 Å². The van der Waals surface area contributed by atoms with Gasteiger partial charge in [-0.05, 0) is 85.8 Å². The van der Waals surface area contributed by atoms with Crippen molar-refractivity contribution in [1.29, 1.82) is 0 Å². The van der Waals surface area contributed by atoms with Crippen LogP contribution in [0.4, 0.5) is 0 Å². The summed E-state index contributed by atoms with van der Waals surface area (Å²) in [7, 11) is 0. The zero-order valence-electron chi connectivity index (χ0n) is 19.2. The van der Waals surface area contributed by atoms with E-state index < -0.39 is 0 Å². The van der Waals surface area contributed by atoms with Gasteiger partial charge in [0, 0.05) is 0 Å². The number of carbonyl (C=O) groups excluding carboxylic acids is 1. The minimum atomic E-state index is -0.0162. The third-order valence-electron chi connectivity index (χ3n) is 7.70. The summed E-state index contributed by atoms with van der Waals surface area (Å²) in [6.07, 6.45) is 12.2. The van der Waals surface area contributed by atoms with Crippen LogP contribution in [0.1, 0.15) is 103 Å². The molecule has 2 aliphatic rings. The molecule has 0 N–H and O–H groups in total. The summed E-state index contributed by atoms with van der Waals surface area (Å²) >= 11 is 0. The van der Waals surface area contributed by atoms with Crippen molar-refractivity contribution in [3.63, 3.8) is 0 Å². The Balaban J connectivity index is 1.44. The van der Waals surface area contributed by atoms with E-state index in [1.165, 1.54) is 56.9 Å². The van der Waals surface area contributed by atoms with Gasteiger partial charge in [-0.2, -0.15) is 0 Å². The van der Waals surface area contributed by atoms with Crippen LogP contribution in [0.15, 0.2) is 24.3 Å². The highest BCUT2D eigenvalue weighted by Crippen LogP contribution is 2.37. The van der Waals surface area contributed by atoms with Crippen molar-refractivity contribution in [2.75, 3.05) is 0 Å². The maximum absolute atomic E-state index is 12.7. The van der Waals surface area contributed by atoms with E-state index in [4.69, 9.17) is 4.74 Å². The Labute approximate surface area is 178 Å². The summed E-state index contributed by atoms with van der Waals surface area (Å²) in [5, 5.41) is 0. The van der Waals surface area contributed by atoms with Crippen LogP contribution in [0.5, 0.6) is 5.75 Å². The molecule has 0 aliphatic heterocycles. The zero-order valence-corrected chi connectivity index (χ0v) is 19.2. The van der Waals surface area contributed by atoms with Gasteiger partial charge in [-0.3, -0.25) is 4.79 Å². The molecule has 1 aromatic carbocycles. The van der Waals surface area contributed by atoms with E-state index in [0.29, 0.717) is 5.92 Å². The molecule has 162 valence electrons. The summed E-state index contributed by atoms with van der Waals surface area (Å²) in [4.78, 5) is 12.7. The van der Waals surface area contributed by atoms with Crippen LogP contribution in [0.25, 0.3) is 0 Å². The Morgan fingerprint density at radius 2 is 1.52 bits per heavy atom. The first-order valence-corrected chi connectivity index (χ1v) is 12.2. The van der Waals surface area contributed by atoms with Crippen molar-refractivity contribution in [3.05, 3.63) is 29.8 Å². The van der Waals surface area contributed by atoms with Gasteiger partial charge >= 0.3 is 5.97 Å². The second-order valence-electron chi connectivity index (χ2n) is 10.5. The highest BCUT2D eigenvalue weighted by atomic mass is 16.5. The Morgan fingerprint density at radius 3 is 2.10 bits per heavy atom. The molecule has 2 fully saturated rings. The van der Waals surface area contributed by atoms with Gasteiger partial charge < -0.3 is 4.74 Å². The first-order chi connectivity index (χ1) is 13.9. The fraction of sp³-hybridized carbons (Fsp3) is 0.741. The predicted octanol–water partition coefficient (Wildman–Crippen LogP) is 7.76. The number of benzene rings is 1. The van der Waals surface area contributed by atoms with Crippen LogP contribution in [0.2, 0.25) is 0 Å². The Morgan fingerprint density at radius 1 is 0.897 bits per heavy atom. The van der Waals surface area contributed by atoms with Crippen LogP contribution >= 0.6 is 0 Å². The number of rotatable bonds is 7.